The van der Waals surface area contributed by atoms with E-state index in [1.54, 1.807) is 13.0 Å². The average Bonchev–Trinajstić information content (AvgIpc) is 2.17. The van der Waals surface area contributed by atoms with E-state index in [1.807, 2.05) is 0 Å². The van der Waals surface area contributed by atoms with Crippen molar-refractivity contribution in [3.8, 4) is 5.75 Å². The lowest BCUT2D eigenvalue weighted by Gasteiger charge is -2.09. The van der Waals surface area contributed by atoms with Gasteiger partial charge in [-0.25, -0.2) is 4.39 Å². The lowest BCUT2D eigenvalue weighted by atomic mass is 10.1. The van der Waals surface area contributed by atoms with Crippen LogP contribution in [0.15, 0.2) is 12.1 Å². The molecule has 0 atom stereocenters. The van der Waals surface area contributed by atoms with E-state index < -0.39 is 5.82 Å². The zero-order chi connectivity index (χ0) is 10.6. The van der Waals surface area contributed by atoms with E-state index in [9.17, 15) is 4.39 Å². The van der Waals surface area contributed by atoms with Gasteiger partial charge in [0.05, 0.1) is 6.61 Å². The van der Waals surface area contributed by atoms with Crippen molar-refractivity contribution >= 4 is 11.6 Å². The van der Waals surface area contributed by atoms with Crippen molar-refractivity contribution < 1.29 is 9.13 Å². The Bertz CT molecular complexity index is 317. The highest BCUT2D eigenvalue weighted by molar-refractivity contribution is 6.31. The monoisotopic (exact) mass is 217 g/mol. The zero-order valence-electron chi connectivity index (χ0n) is 8.02. The molecule has 0 saturated carbocycles. The highest BCUT2D eigenvalue weighted by Crippen LogP contribution is 2.27. The molecule has 4 heteroatoms. The normalized spacial score (nSPS) is 10.3. The minimum Gasteiger partial charge on any atom is -0.491 e. The van der Waals surface area contributed by atoms with E-state index >= 15 is 0 Å². The summed E-state index contributed by atoms with van der Waals surface area (Å²) in [4.78, 5) is 0. The third kappa shape index (κ3) is 2.36. The molecule has 0 spiro atoms. The van der Waals surface area contributed by atoms with Gasteiger partial charge in [0.15, 0.2) is 11.6 Å². The standard InChI is InChI=1S/C10H13ClFNO/c1-2-14-9-4-3-8(11)7(5-6-13)10(9)12/h3-4H,2,5-6,13H2,1H3. The molecule has 0 aliphatic carbocycles. The summed E-state index contributed by atoms with van der Waals surface area (Å²) in [6, 6.07) is 3.15. The van der Waals surface area contributed by atoms with Crippen LogP contribution in [0.3, 0.4) is 0 Å². The van der Waals surface area contributed by atoms with Crippen LogP contribution in [0.5, 0.6) is 5.75 Å². The van der Waals surface area contributed by atoms with Crippen LogP contribution in [-0.2, 0) is 6.42 Å². The largest absolute Gasteiger partial charge is 0.491 e. The van der Waals surface area contributed by atoms with Crippen LogP contribution in [0.4, 0.5) is 4.39 Å². The topological polar surface area (TPSA) is 35.2 Å². The molecule has 1 rings (SSSR count). The summed E-state index contributed by atoms with van der Waals surface area (Å²) in [7, 11) is 0. The van der Waals surface area contributed by atoms with Crippen LogP contribution in [0.2, 0.25) is 5.02 Å². The molecule has 0 heterocycles. The molecule has 0 fully saturated rings. The smallest absolute Gasteiger partial charge is 0.169 e. The molecular formula is C10H13ClFNO. The zero-order valence-corrected chi connectivity index (χ0v) is 8.77. The Morgan fingerprint density at radius 3 is 2.79 bits per heavy atom. The van der Waals surface area contributed by atoms with Crippen LogP contribution in [0.25, 0.3) is 0 Å². The van der Waals surface area contributed by atoms with Gasteiger partial charge >= 0.3 is 0 Å². The van der Waals surface area contributed by atoms with Crippen LogP contribution >= 0.6 is 11.6 Å². The third-order valence-corrected chi connectivity index (χ3v) is 2.20. The predicted molar refractivity (Wildman–Crippen MR) is 55.3 cm³/mol. The lowest BCUT2D eigenvalue weighted by molar-refractivity contribution is 0.320. The fraction of sp³-hybridized carbons (Fsp3) is 0.400. The lowest BCUT2D eigenvalue weighted by Crippen LogP contribution is -2.06. The first-order valence-electron chi connectivity index (χ1n) is 4.50. The van der Waals surface area contributed by atoms with Crippen LogP contribution in [0.1, 0.15) is 12.5 Å². The Hall–Kier alpha value is -0.800. The van der Waals surface area contributed by atoms with Gasteiger partial charge in [-0.15, -0.1) is 0 Å². The summed E-state index contributed by atoms with van der Waals surface area (Å²) in [5, 5.41) is 0.399. The van der Waals surface area contributed by atoms with E-state index in [0.29, 0.717) is 30.2 Å². The molecule has 1 aromatic carbocycles. The molecule has 2 N–H and O–H groups in total. The summed E-state index contributed by atoms with van der Waals surface area (Å²) < 4.78 is 18.7. The maximum Gasteiger partial charge on any atom is 0.169 e. The first-order chi connectivity index (χ1) is 6.70. The number of hydrogen-bond donors (Lipinski definition) is 1. The first kappa shape index (κ1) is 11.3. The van der Waals surface area contributed by atoms with Gasteiger partial charge in [0.1, 0.15) is 0 Å². The molecule has 0 aliphatic rings. The molecule has 1 aromatic rings. The Labute approximate surface area is 87.8 Å². The molecule has 78 valence electrons. The number of ether oxygens (including phenoxy) is 1. The minimum atomic E-state index is -0.398. The van der Waals surface area contributed by atoms with E-state index in [2.05, 4.69) is 0 Å². The van der Waals surface area contributed by atoms with Crippen molar-refractivity contribution in [1.82, 2.24) is 0 Å². The van der Waals surface area contributed by atoms with Gasteiger partial charge in [-0.3, -0.25) is 0 Å². The minimum absolute atomic E-state index is 0.236. The number of rotatable bonds is 4. The molecule has 0 saturated heterocycles. The summed E-state index contributed by atoms with van der Waals surface area (Å²) in [6.07, 6.45) is 0.422. The Balaban J connectivity index is 3.05. The number of benzene rings is 1. The third-order valence-electron chi connectivity index (χ3n) is 1.84. The van der Waals surface area contributed by atoms with Gasteiger partial charge in [0, 0.05) is 10.6 Å². The van der Waals surface area contributed by atoms with Crippen molar-refractivity contribution in [2.75, 3.05) is 13.2 Å². The quantitative estimate of drug-likeness (QED) is 0.841. The van der Waals surface area contributed by atoms with Crippen molar-refractivity contribution in [2.24, 2.45) is 5.73 Å². The number of hydrogen-bond acceptors (Lipinski definition) is 2. The van der Waals surface area contributed by atoms with Crippen molar-refractivity contribution in [1.29, 1.82) is 0 Å². The highest BCUT2D eigenvalue weighted by Gasteiger charge is 2.12. The van der Waals surface area contributed by atoms with Gasteiger partial charge in [0.25, 0.3) is 0 Å². The molecular weight excluding hydrogens is 205 g/mol. The van der Waals surface area contributed by atoms with Gasteiger partial charge < -0.3 is 10.5 Å². The van der Waals surface area contributed by atoms with Crippen LogP contribution in [0, 0.1) is 5.82 Å². The molecule has 0 aliphatic heterocycles. The summed E-state index contributed by atoms with van der Waals surface area (Å²) in [5.74, 6) is -0.162. The van der Waals surface area contributed by atoms with Gasteiger partial charge in [0.2, 0.25) is 0 Å². The van der Waals surface area contributed by atoms with Gasteiger partial charge in [-0.05, 0) is 32.0 Å². The molecule has 0 radical (unpaired) electrons. The number of nitrogens with two attached hydrogens (primary N) is 1. The summed E-state index contributed by atoms with van der Waals surface area (Å²) in [6.45, 7) is 2.60. The Kier molecular flexibility index (Phi) is 4.17. The Morgan fingerprint density at radius 2 is 2.21 bits per heavy atom. The SMILES string of the molecule is CCOc1ccc(Cl)c(CCN)c1F. The van der Waals surface area contributed by atoms with E-state index in [-0.39, 0.29) is 5.75 Å². The van der Waals surface area contributed by atoms with Crippen molar-refractivity contribution in [2.45, 2.75) is 13.3 Å². The Morgan fingerprint density at radius 1 is 1.50 bits per heavy atom. The molecule has 2 nitrogen and oxygen atoms in total. The maximum atomic E-state index is 13.6. The van der Waals surface area contributed by atoms with E-state index in [0.717, 1.165) is 0 Å². The summed E-state index contributed by atoms with van der Waals surface area (Å²) >= 11 is 5.83. The fourth-order valence-electron chi connectivity index (χ4n) is 1.22. The molecule has 0 amide bonds. The maximum absolute atomic E-state index is 13.6. The van der Waals surface area contributed by atoms with Gasteiger partial charge in [-0.2, -0.15) is 0 Å². The van der Waals surface area contributed by atoms with E-state index in [4.69, 9.17) is 22.1 Å². The second kappa shape index (κ2) is 5.17. The molecule has 0 bridgehead atoms. The predicted octanol–water partition coefficient (Wildman–Crippen LogP) is 2.38. The second-order valence-electron chi connectivity index (χ2n) is 2.81. The van der Waals surface area contributed by atoms with Crippen molar-refractivity contribution in [3.05, 3.63) is 28.5 Å². The van der Waals surface area contributed by atoms with Crippen molar-refractivity contribution in [3.63, 3.8) is 0 Å². The highest BCUT2D eigenvalue weighted by atomic mass is 35.5. The first-order valence-corrected chi connectivity index (χ1v) is 4.88. The van der Waals surface area contributed by atoms with Crippen LogP contribution in [-0.4, -0.2) is 13.2 Å². The average molecular weight is 218 g/mol. The van der Waals surface area contributed by atoms with E-state index in [1.165, 1.54) is 6.07 Å². The number of halogens is 2. The second-order valence-corrected chi connectivity index (χ2v) is 3.22. The van der Waals surface area contributed by atoms with Crippen LogP contribution < -0.4 is 10.5 Å². The molecule has 14 heavy (non-hydrogen) atoms. The van der Waals surface area contributed by atoms with Gasteiger partial charge in [-0.1, -0.05) is 11.6 Å². The fourth-order valence-corrected chi connectivity index (χ4v) is 1.46. The molecule has 0 unspecified atom stereocenters. The summed E-state index contributed by atoms with van der Waals surface area (Å²) in [5.41, 5.74) is 5.79. The molecule has 0 aromatic heterocycles.